The Bertz CT molecular complexity index is 452. The molecule has 2 aliphatic rings. The largest absolute Gasteiger partial charge is 0.485 e. The van der Waals surface area contributed by atoms with Gasteiger partial charge in [-0.1, -0.05) is 19.1 Å². The molecule has 3 unspecified atom stereocenters. The summed E-state index contributed by atoms with van der Waals surface area (Å²) < 4.78 is 11.9. The van der Waals surface area contributed by atoms with Crippen LogP contribution < -0.4 is 10.1 Å². The third kappa shape index (κ3) is 2.91. The summed E-state index contributed by atoms with van der Waals surface area (Å²) in [5, 5.41) is 3.46. The first kappa shape index (κ1) is 13.7. The first-order valence-corrected chi connectivity index (χ1v) is 7.61. The standard InChI is InChI=1S/C16H24N2O2/c1-3-13-11-19-12(2)9-18(13)10-14-8-17-15-6-4-5-7-16(15)20-14/h4-7,12-14,17H,3,8-11H2,1-2H3. The maximum atomic E-state index is 6.12. The Morgan fingerprint density at radius 2 is 2.20 bits per heavy atom. The number of ether oxygens (including phenoxy) is 2. The van der Waals surface area contributed by atoms with E-state index in [2.05, 4.69) is 30.1 Å². The van der Waals surface area contributed by atoms with Crippen molar-refractivity contribution in [3.63, 3.8) is 0 Å². The van der Waals surface area contributed by atoms with Crippen LogP contribution in [0.1, 0.15) is 20.3 Å². The fourth-order valence-electron chi connectivity index (χ4n) is 3.04. The minimum atomic E-state index is 0.212. The number of anilines is 1. The van der Waals surface area contributed by atoms with Gasteiger partial charge in [-0.3, -0.25) is 4.90 Å². The van der Waals surface area contributed by atoms with Gasteiger partial charge in [0.05, 0.1) is 24.9 Å². The van der Waals surface area contributed by atoms with E-state index in [1.807, 2.05) is 18.2 Å². The molecule has 1 aromatic carbocycles. The summed E-state index contributed by atoms with van der Waals surface area (Å²) in [6.45, 7) is 8.06. The second kappa shape index (κ2) is 6.02. The van der Waals surface area contributed by atoms with E-state index < -0.39 is 0 Å². The highest BCUT2D eigenvalue weighted by Gasteiger charge is 2.29. The van der Waals surface area contributed by atoms with Gasteiger partial charge in [0.15, 0.2) is 0 Å². The van der Waals surface area contributed by atoms with Gasteiger partial charge in [-0.15, -0.1) is 0 Å². The Morgan fingerprint density at radius 3 is 3.05 bits per heavy atom. The second-order valence-corrected chi connectivity index (χ2v) is 5.78. The van der Waals surface area contributed by atoms with Gasteiger partial charge in [0.1, 0.15) is 11.9 Å². The van der Waals surface area contributed by atoms with Crippen molar-refractivity contribution in [2.45, 2.75) is 38.5 Å². The number of nitrogens with one attached hydrogen (secondary N) is 1. The molecule has 3 rings (SSSR count). The molecule has 2 aliphatic heterocycles. The average molecular weight is 276 g/mol. The summed E-state index contributed by atoms with van der Waals surface area (Å²) >= 11 is 0. The van der Waals surface area contributed by atoms with Crippen LogP contribution in [0.5, 0.6) is 5.75 Å². The number of hydrogen-bond donors (Lipinski definition) is 1. The molecule has 1 N–H and O–H groups in total. The molecule has 3 atom stereocenters. The van der Waals surface area contributed by atoms with Gasteiger partial charge < -0.3 is 14.8 Å². The lowest BCUT2D eigenvalue weighted by Gasteiger charge is -2.40. The Morgan fingerprint density at radius 1 is 1.35 bits per heavy atom. The van der Waals surface area contributed by atoms with Crippen LogP contribution in [-0.4, -0.2) is 49.4 Å². The molecule has 2 heterocycles. The van der Waals surface area contributed by atoms with Crippen LogP contribution in [0.25, 0.3) is 0 Å². The fourth-order valence-corrected chi connectivity index (χ4v) is 3.04. The number of rotatable bonds is 3. The normalized spacial score (nSPS) is 30.2. The third-order valence-corrected chi connectivity index (χ3v) is 4.19. The first-order chi connectivity index (χ1) is 9.76. The predicted octanol–water partition coefficient (Wildman–Crippen LogP) is 2.36. The second-order valence-electron chi connectivity index (χ2n) is 5.78. The van der Waals surface area contributed by atoms with E-state index >= 15 is 0 Å². The van der Waals surface area contributed by atoms with Gasteiger partial charge in [-0.25, -0.2) is 0 Å². The number of nitrogens with zero attached hydrogens (tertiary/aromatic N) is 1. The number of benzene rings is 1. The predicted molar refractivity (Wildman–Crippen MR) is 80.4 cm³/mol. The van der Waals surface area contributed by atoms with Crippen molar-refractivity contribution < 1.29 is 9.47 Å². The van der Waals surface area contributed by atoms with Gasteiger partial charge in [0, 0.05) is 19.1 Å². The van der Waals surface area contributed by atoms with Gasteiger partial charge in [0.2, 0.25) is 0 Å². The Hall–Kier alpha value is -1.26. The molecule has 0 aliphatic carbocycles. The molecule has 0 bridgehead atoms. The molecule has 1 saturated heterocycles. The molecule has 1 fully saturated rings. The summed E-state index contributed by atoms with van der Waals surface area (Å²) in [6, 6.07) is 8.68. The van der Waals surface area contributed by atoms with E-state index in [1.54, 1.807) is 0 Å². The van der Waals surface area contributed by atoms with Crippen molar-refractivity contribution in [1.82, 2.24) is 4.90 Å². The quantitative estimate of drug-likeness (QED) is 0.919. The van der Waals surface area contributed by atoms with Crippen LogP contribution in [0.3, 0.4) is 0 Å². The third-order valence-electron chi connectivity index (χ3n) is 4.19. The number of para-hydroxylation sites is 2. The zero-order chi connectivity index (χ0) is 13.9. The Kier molecular flexibility index (Phi) is 4.13. The SMILES string of the molecule is CCC1COC(C)CN1CC1CNc2ccccc2O1. The van der Waals surface area contributed by atoms with Crippen molar-refractivity contribution in [2.24, 2.45) is 0 Å². The lowest BCUT2D eigenvalue weighted by atomic mass is 10.1. The van der Waals surface area contributed by atoms with Gasteiger partial charge in [0.25, 0.3) is 0 Å². The molecule has 0 amide bonds. The van der Waals surface area contributed by atoms with Crippen LogP contribution >= 0.6 is 0 Å². The molecule has 20 heavy (non-hydrogen) atoms. The molecule has 4 heteroatoms. The number of morpholine rings is 1. The van der Waals surface area contributed by atoms with Crippen molar-refractivity contribution in [2.75, 3.05) is 31.6 Å². The molecule has 0 radical (unpaired) electrons. The van der Waals surface area contributed by atoms with E-state index in [1.165, 1.54) is 0 Å². The maximum absolute atomic E-state index is 6.12. The number of fused-ring (bicyclic) bond motifs is 1. The van der Waals surface area contributed by atoms with E-state index in [9.17, 15) is 0 Å². The first-order valence-electron chi connectivity index (χ1n) is 7.61. The maximum Gasteiger partial charge on any atom is 0.142 e. The van der Waals surface area contributed by atoms with E-state index in [4.69, 9.17) is 9.47 Å². The molecule has 0 spiro atoms. The van der Waals surface area contributed by atoms with Gasteiger partial charge in [-0.05, 0) is 25.5 Å². The topological polar surface area (TPSA) is 33.7 Å². The van der Waals surface area contributed by atoms with E-state index in [0.717, 1.165) is 44.1 Å². The zero-order valence-electron chi connectivity index (χ0n) is 12.3. The summed E-state index contributed by atoms with van der Waals surface area (Å²) in [7, 11) is 0. The van der Waals surface area contributed by atoms with Gasteiger partial charge >= 0.3 is 0 Å². The summed E-state index contributed by atoms with van der Waals surface area (Å²) in [4.78, 5) is 2.52. The van der Waals surface area contributed by atoms with Crippen LogP contribution in [0.4, 0.5) is 5.69 Å². The number of hydrogen-bond acceptors (Lipinski definition) is 4. The van der Waals surface area contributed by atoms with Crippen molar-refractivity contribution in [1.29, 1.82) is 0 Å². The summed E-state index contributed by atoms with van der Waals surface area (Å²) in [5.74, 6) is 0.970. The van der Waals surface area contributed by atoms with Crippen molar-refractivity contribution in [3.05, 3.63) is 24.3 Å². The fraction of sp³-hybridized carbons (Fsp3) is 0.625. The highest BCUT2D eigenvalue weighted by atomic mass is 16.5. The molecule has 0 saturated carbocycles. The van der Waals surface area contributed by atoms with Crippen molar-refractivity contribution >= 4 is 5.69 Å². The van der Waals surface area contributed by atoms with Gasteiger partial charge in [-0.2, -0.15) is 0 Å². The molecular weight excluding hydrogens is 252 g/mol. The molecule has 110 valence electrons. The lowest BCUT2D eigenvalue weighted by molar-refractivity contribution is -0.0650. The van der Waals surface area contributed by atoms with Crippen LogP contribution in [0.15, 0.2) is 24.3 Å². The molecule has 1 aromatic rings. The molecule has 4 nitrogen and oxygen atoms in total. The highest BCUT2D eigenvalue weighted by Crippen LogP contribution is 2.28. The minimum absolute atomic E-state index is 0.212. The summed E-state index contributed by atoms with van der Waals surface area (Å²) in [6.07, 6.45) is 1.66. The zero-order valence-corrected chi connectivity index (χ0v) is 12.3. The van der Waals surface area contributed by atoms with Crippen LogP contribution in [-0.2, 0) is 4.74 Å². The molecular formula is C16H24N2O2. The van der Waals surface area contributed by atoms with Crippen LogP contribution in [0.2, 0.25) is 0 Å². The smallest absolute Gasteiger partial charge is 0.142 e. The van der Waals surface area contributed by atoms with Crippen LogP contribution in [0, 0.1) is 0 Å². The van der Waals surface area contributed by atoms with E-state index in [0.29, 0.717) is 12.1 Å². The van der Waals surface area contributed by atoms with Crippen molar-refractivity contribution in [3.8, 4) is 5.75 Å². The molecule has 0 aromatic heterocycles. The highest BCUT2D eigenvalue weighted by molar-refractivity contribution is 5.57. The Labute approximate surface area is 121 Å². The van der Waals surface area contributed by atoms with E-state index in [-0.39, 0.29) is 6.10 Å². The Balaban J connectivity index is 1.63. The monoisotopic (exact) mass is 276 g/mol. The lowest BCUT2D eigenvalue weighted by Crippen LogP contribution is -2.53. The summed E-state index contributed by atoms with van der Waals surface area (Å²) in [5.41, 5.74) is 1.10. The minimum Gasteiger partial charge on any atom is -0.485 e. The average Bonchev–Trinajstić information content (AvgIpc) is 2.47.